The second kappa shape index (κ2) is 11.4. The van der Waals surface area contributed by atoms with E-state index >= 15 is 0 Å². The van der Waals surface area contributed by atoms with Crippen LogP contribution in [0.4, 0.5) is 5.82 Å². The van der Waals surface area contributed by atoms with Gasteiger partial charge < -0.3 is 19.1 Å². The van der Waals surface area contributed by atoms with Gasteiger partial charge in [0.1, 0.15) is 16.1 Å². The van der Waals surface area contributed by atoms with Crippen LogP contribution in [0.3, 0.4) is 0 Å². The minimum atomic E-state index is 0.00823. The molecule has 4 rings (SSSR count). The summed E-state index contributed by atoms with van der Waals surface area (Å²) in [4.78, 5) is 11.7. The van der Waals surface area contributed by atoms with Crippen molar-refractivity contribution in [2.45, 2.75) is 45.9 Å². The van der Waals surface area contributed by atoms with Crippen LogP contribution in [0.15, 0.2) is 59.3 Å². The molecule has 0 spiro atoms. The number of aromatic nitrogens is 4. The van der Waals surface area contributed by atoms with Gasteiger partial charge in [0, 0.05) is 13.1 Å². The molecule has 9 heteroatoms. The molecule has 35 heavy (non-hydrogen) atoms. The van der Waals surface area contributed by atoms with E-state index in [0.29, 0.717) is 35.2 Å². The van der Waals surface area contributed by atoms with Crippen LogP contribution < -0.4 is 19.1 Å². The van der Waals surface area contributed by atoms with E-state index in [4.69, 9.17) is 19.2 Å². The van der Waals surface area contributed by atoms with Crippen molar-refractivity contribution in [2.24, 2.45) is 0 Å². The van der Waals surface area contributed by atoms with E-state index in [1.807, 2.05) is 37.4 Å². The topological polar surface area (TPSA) is 74.0 Å². The zero-order valence-electron chi connectivity index (χ0n) is 20.4. The fraction of sp³-hybridized carbons (Fsp3) is 0.346. The monoisotopic (exact) mass is 539 g/mol. The third-order valence-electron chi connectivity index (χ3n) is 5.62. The molecule has 184 valence electrons. The first-order valence-corrected chi connectivity index (χ1v) is 12.4. The molecule has 0 fully saturated rings. The highest BCUT2D eigenvalue weighted by Crippen LogP contribution is 2.27. The van der Waals surface area contributed by atoms with Crippen molar-refractivity contribution in [3.05, 3.63) is 70.5 Å². The fourth-order valence-electron chi connectivity index (χ4n) is 3.84. The third kappa shape index (κ3) is 6.22. The molecule has 1 unspecified atom stereocenters. The highest BCUT2D eigenvalue weighted by molar-refractivity contribution is 9.10. The molecule has 0 aliphatic heterocycles. The molecule has 1 atom stereocenters. The fourth-order valence-corrected chi connectivity index (χ4v) is 4.20. The van der Waals surface area contributed by atoms with Gasteiger partial charge in [-0.05, 0) is 64.7 Å². The van der Waals surface area contributed by atoms with E-state index < -0.39 is 0 Å². The van der Waals surface area contributed by atoms with Gasteiger partial charge in [-0.15, -0.1) is 5.10 Å². The van der Waals surface area contributed by atoms with Crippen molar-refractivity contribution in [1.29, 1.82) is 0 Å². The van der Waals surface area contributed by atoms with Gasteiger partial charge in [-0.25, -0.2) is 9.50 Å². The van der Waals surface area contributed by atoms with E-state index in [-0.39, 0.29) is 6.10 Å². The molecule has 0 aliphatic carbocycles. The second-order valence-corrected chi connectivity index (χ2v) is 9.13. The van der Waals surface area contributed by atoms with E-state index in [0.717, 1.165) is 35.5 Å². The van der Waals surface area contributed by atoms with Crippen LogP contribution in [0.2, 0.25) is 0 Å². The summed E-state index contributed by atoms with van der Waals surface area (Å²) in [6.07, 6.45) is 3.77. The van der Waals surface area contributed by atoms with E-state index in [9.17, 15) is 0 Å². The van der Waals surface area contributed by atoms with Crippen LogP contribution >= 0.6 is 15.9 Å². The van der Waals surface area contributed by atoms with Gasteiger partial charge in [-0.3, -0.25) is 0 Å². The van der Waals surface area contributed by atoms with E-state index in [1.54, 1.807) is 18.7 Å². The van der Waals surface area contributed by atoms with Gasteiger partial charge in [-0.1, -0.05) is 37.6 Å². The molecule has 2 heterocycles. The molecule has 2 aromatic heterocycles. The van der Waals surface area contributed by atoms with Gasteiger partial charge in [0.25, 0.3) is 0 Å². The van der Waals surface area contributed by atoms with Crippen LogP contribution in [0.5, 0.6) is 17.5 Å². The van der Waals surface area contributed by atoms with Crippen LogP contribution in [0, 0.1) is 0 Å². The Balaban J connectivity index is 1.75. The van der Waals surface area contributed by atoms with Crippen LogP contribution in [0.1, 0.15) is 37.8 Å². The third-order valence-corrected chi connectivity index (χ3v) is 6.00. The number of hydrogen-bond acceptors (Lipinski definition) is 7. The number of anilines is 1. The summed E-state index contributed by atoms with van der Waals surface area (Å²) in [5, 5.41) is 4.55. The van der Waals surface area contributed by atoms with Crippen molar-refractivity contribution < 1.29 is 14.2 Å². The zero-order valence-corrected chi connectivity index (χ0v) is 22.0. The summed E-state index contributed by atoms with van der Waals surface area (Å²) in [6, 6.07) is 16.4. The summed E-state index contributed by atoms with van der Waals surface area (Å²) < 4.78 is 19.1. The minimum Gasteiger partial charge on any atom is -0.497 e. The van der Waals surface area contributed by atoms with E-state index in [1.165, 1.54) is 0 Å². The van der Waals surface area contributed by atoms with Gasteiger partial charge in [0.15, 0.2) is 11.5 Å². The largest absolute Gasteiger partial charge is 0.497 e. The number of rotatable bonds is 11. The molecule has 8 nitrogen and oxygen atoms in total. The number of hydrogen-bond donors (Lipinski definition) is 0. The number of nitrogens with zero attached hydrogens (tertiary/aromatic N) is 5. The second-order valence-electron chi connectivity index (χ2n) is 8.32. The maximum absolute atomic E-state index is 6.08. The SMILES string of the molecule is CCCC(C)Oc1nc(N(Cc2ccc(OC)cc2)Cc2ccc(OC)cc2)c2nc(Br)cn2n1. The zero-order chi connectivity index (χ0) is 24.8. The van der Waals surface area contributed by atoms with Gasteiger partial charge in [-0.2, -0.15) is 4.98 Å². The predicted molar refractivity (Wildman–Crippen MR) is 139 cm³/mol. The molecule has 0 saturated carbocycles. The smallest absolute Gasteiger partial charge is 0.336 e. The molecular weight excluding hydrogens is 510 g/mol. The van der Waals surface area contributed by atoms with Crippen molar-refractivity contribution in [3.8, 4) is 17.5 Å². The number of halogens is 1. The number of fused-ring (bicyclic) bond motifs is 1. The molecule has 0 aliphatic rings. The summed E-state index contributed by atoms with van der Waals surface area (Å²) in [7, 11) is 3.33. The molecule has 4 aromatic rings. The van der Waals surface area contributed by atoms with Crippen molar-refractivity contribution in [3.63, 3.8) is 0 Å². The van der Waals surface area contributed by atoms with Crippen LogP contribution in [-0.4, -0.2) is 39.9 Å². The Morgan fingerprint density at radius 3 is 2.00 bits per heavy atom. The first-order chi connectivity index (χ1) is 17.0. The number of benzene rings is 2. The first kappa shape index (κ1) is 24.8. The summed E-state index contributed by atoms with van der Waals surface area (Å²) in [5.74, 6) is 2.33. The molecule has 0 bridgehead atoms. The molecule has 0 amide bonds. The standard InChI is InChI=1S/C26H30BrN5O3/c1-5-6-18(2)35-26-29-24(25-28-23(27)17-32(25)30-26)31(15-19-7-11-21(33-3)12-8-19)16-20-9-13-22(34-4)14-10-20/h7-14,17-18H,5-6,15-16H2,1-4H3. The molecule has 0 N–H and O–H groups in total. The van der Waals surface area contributed by atoms with Crippen molar-refractivity contribution in [2.75, 3.05) is 19.1 Å². The van der Waals surface area contributed by atoms with Gasteiger partial charge in [0.05, 0.1) is 26.5 Å². The van der Waals surface area contributed by atoms with Gasteiger partial charge >= 0.3 is 6.01 Å². The van der Waals surface area contributed by atoms with E-state index in [2.05, 4.69) is 62.1 Å². The molecule has 2 aromatic carbocycles. The minimum absolute atomic E-state index is 0.00823. The van der Waals surface area contributed by atoms with Gasteiger partial charge in [0.2, 0.25) is 0 Å². The Hall–Kier alpha value is -3.33. The normalized spacial score (nSPS) is 11.9. The summed E-state index contributed by atoms with van der Waals surface area (Å²) in [5.41, 5.74) is 2.88. The summed E-state index contributed by atoms with van der Waals surface area (Å²) >= 11 is 3.49. The number of imidazole rings is 1. The Kier molecular flexibility index (Phi) is 8.07. The van der Waals surface area contributed by atoms with Crippen LogP contribution in [-0.2, 0) is 13.1 Å². The Labute approximate surface area is 214 Å². The average Bonchev–Trinajstić information content (AvgIpc) is 3.24. The molecule has 0 radical (unpaired) electrons. The quantitative estimate of drug-likeness (QED) is 0.242. The maximum atomic E-state index is 6.08. The maximum Gasteiger partial charge on any atom is 0.336 e. The summed E-state index contributed by atoms with van der Waals surface area (Å²) in [6.45, 7) is 5.38. The average molecular weight is 540 g/mol. The van der Waals surface area contributed by atoms with Crippen molar-refractivity contribution in [1.82, 2.24) is 19.6 Å². The lowest BCUT2D eigenvalue weighted by Crippen LogP contribution is -2.25. The Morgan fingerprint density at radius 1 is 0.914 bits per heavy atom. The highest BCUT2D eigenvalue weighted by Gasteiger charge is 2.20. The lowest BCUT2D eigenvalue weighted by molar-refractivity contribution is 0.189. The number of methoxy groups -OCH3 is 2. The lowest BCUT2D eigenvalue weighted by atomic mass is 10.1. The lowest BCUT2D eigenvalue weighted by Gasteiger charge is -2.25. The Morgan fingerprint density at radius 2 is 1.49 bits per heavy atom. The predicted octanol–water partition coefficient (Wildman–Crippen LogP) is 5.68. The molecule has 0 saturated heterocycles. The van der Waals surface area contributed by atoms with Crippen molar-refractivity contribution >= 4 is 27.4 Å². The highest BCUT2D eigenvalue weighted by atomic mass is 79.9. The number of ether oxygens (including phenoxy) is 3. The Bertz CT molecular complexity index is 1200. The first-order valence-electron chi connectivity index (χ1n) is 11.6. The van der Waals surface area contributed by atoms with Crippen LogP contribution in [0.25, 0.3) is 5.65 Å². The molecular formula is C26H30BrN5O3.